The highest BCUT2D eigenvalue weighted by molar-refractivity contribution is 6.36. The molecule has 0 spiro atoms. The van der Waals surface area contributed by atoms with Crippen LogP contribution in [0.15, 0.2) is 12.1 Å². The van der Waals surface area contributed by atoms with Gasteiger partial charge in [-0.1, -0.05) is 29.1 Å². The average Bonchev–Trinajstić information content (AvgIpc) is 2.99. The number of amides is 1. The predicted octanol–water partition coefficient (Wildman–Crippen LogP) is 2.83. The molecule has 1 saturated heterocycles. The van der Waals surface area contributed by atoms with Crippen molar-refractivity contribution in [2.24, 2.45) is 0 Å². The van der Waals surface area contributed by atoms with Crippen molar-refractivity contribution < 1.29 is 9.53 Å². The number of terminal acetylenes is 1. The Morgan fingerprint density at radius 1 is 1.36 bits per heavy atom. The fraction of sp³-hybridized carbons (Fsp3) is 0.438. The lowest BCUT2D eigenvalue weighted by atomic mass is 10.2. The van der Waals surface area contributed by atoms with Crippen molar-refractivity contribution in [1.82, 2.24) is 10.2 Å². The van der Waals surface area contributed by atoms with Crippen LogP contribution in [0.2, 0.25) is 10.0 Å². The minimum absolute atomic E-state index is 0.0371. The zero-order valence-corrected chi connectivity index (χ0v) is 13.7. The second-order valence-electron chi connectivity index (χ2n) is 5.06. The second-order valence-corrected chi connectivity index (χ2v) is 5.91. The van der Waals surface area contributed by atoms with E-state index in [1.165, 1.54) is 25.0 Å². The van der Waals surface area contributed by atoms with E-state index >= 15 is 0 Å². The molecule has 118 valence electrons. The van der Waals surface area contributed by atoms with E-state index < -0.39 is 0 Å². The maximum absolute atomic E-state index is 12.3. The third-order valence-corrected chi connectivity index (χ3v) is 3.96. The topological polar surface area (TPSA) is 41.6 Å². The first-order valence-electron chi connectivity index (χ1n) is 7.17. The van der Waals surface area contributed by atoms with Crippen LogP contribution in [0.5, 0.6) is 5.75 Å². The Bertz CT molecular complexity index is 578. The zero-order valence-electron chi connectivity index (χ0n) is 12.2. The molecule has 1 aliphatic rings. The van der Waals surface area contributed by atoms with E-state index in [0.29, 0.717) is 17.1 Å². The molecule has 0 radical (unpaired) electrons. The molecule has 1 aromatic carbocycles. The number of benzene rings is 1. The van der Waals surface area contributed by atoms with Gasteiger partial charge in [-0.05, 0) is 38.1 Å². The van der Waals surface area contributed by atoms with E-state index in [9.17, 15) is 4.79 Å². The Kier molecular flexibility index (Phi) is 6.38. The molecule has 0 bridgehead atoms. The van der Waals surface area contributed by atoms with Crippen LogP contribution in [0.3, 0.4) is 0 Å². The molecular formula is C16H18Cl2N2O2. The molecule has 0 aliphatic carbocycles. The van der Waals surface area contributed by atoms with Gasteiger partial charge in [0.1, 0.15) is 6.61 Å². The molecule has 0 unspecified atom stereocenters. The van der Waals surface area contributed by atoms with Crippen molar-refractivity contribution >= 4 is 29.1 Å². The van der Waals surface area contributed by atoms with Crippen molar-refractivity contribution in [2.45, 2.75) is 12.8 Å². The van der Waals surface area contributed by atoms with Crippen molar-refractivity contribution in [1.29, 1.82) is 0 Å². The van der Waals surface area contributed by atoms with Gasteiger partial charge in [0.05, 0.1) is 10.6 Å². The molecule has 1 N–H and O–H groups in total. The predicted molar refractivity (Wildman–Crippen MR) is 88.8 cm³/mol. The van der Waals surface area contributed by atoms with Gasteiger partial charge in [0.25, 0.3) is 5.91 Å². The Balaban J connectivity index is 2.02. The van der Waals surface area contributed by atoms with Crippen LogP contribution in [-0.2, 0) is 0 Å². The van der Waals surface area contributed by atoms with E-state index in [0.717, 1.165) is 19.6 Å². The minimum atomic E-state index is -0.268. The summed E-state index contributed by atoms with van der Waals surface area (Å²) in [5.74, 6) is 2.35. The molecule has 1 aromatic rings. The van der Waals surface area contributed by atoms with Gasteiger partial charge < -0.3 is 15.0 Å². The second kappa shape index (κ2) is 8.28. The lowest BCUT2D eigenvalue weighted by Crippen LogP contribution is -2.33. The summed E-state index contributed by atoms with van der Waals surface area (Å²) in [5, 5.41) is 3.52. The molecular weight excluding hydrogens is 323 g/mol. The number of likely N-dealkylation sites (tertiary alicyclic amines) is 1. The molecule has 0 saturated carbocycles. The van der Waals surface area contributed by atoms with Crippen LogP contribution < -0.4 is 10.1 Å². The van der Waals surface area contributed by atoms with E-state index in [4.69, 9.17) is 34.4 Å². The summed E-state index contributed by atoms with van der Waals surface area (Å²) in [6.07, 6.45) is 7.63. The standard InChI is InChI=1S/C16H18Cl2N2O2/c1-2-9-22-15-13(10-12(17)11-14(15)18)16(21)19-5-8-20-6-3-4-7-20/h1,10-11H,3-9H2,(H,19,21). The molecule has 1 aliphatic heterocycles. The van der Waals surface area contributed by atoms with E-state index in [2.05, 4.69) is 16.1 Å². The van der Waals surface area contributed by atoms with Crippen LogP contribution in [0, 0.1) is 12.3 Å². The van der Waals surface area contributed by atoms with Gasteiger partial charge in [-0.2, -0.15) is 0 Å². The fourth-order valence-corrected chi connectivity index (χ4v) is 2.97. The molecule has 0 aromatic heterocycles. The Labute approximate surface area is 140 Å². The Hall–Kier alpha value is -1.41. The summed E-state index contributed by atoms with van der Waals surface area (Å²) < 4.78 is 5.38. The average molecular weight is 341 g/mol. The number of nitrogens with zero attached hydrogens (tertiary/aromatic N) is 1. The number of nitrogens with one attached hydrogen (secondary N) is 1. The lowest BCUT2D eigenvalue weighted by molar-refractivity contribution is 0.0946. The fourth-order valence-electron chi connectivity index (χ4n) is 2.42. The minimum Gasteiger partial charge on any atom is -0.479 e. The summed E-state index contributed by atoms with van der Waals surface area (Å²) in [4.78, 5) is 14.6. The number of rotatable bonds is 6. The number of carbonyl (C=O) groups excluding carboxylic acids is 1. The maximum atomic E-state index is 12.3. The van der Waals surface area contributed by atoms with Crippen molar-refractivity contribution in [3.63, 3.8) is 0 Å². The number of carbonyl (C=O) groups is 1. The maximum Gasteiger partial charge on any atom is 0.255 e. The molecule has 22 heavy (non-hydrogen) atoms. The highest BCUT2D eigenvalue weighted by atomic mass is 35.5. The summed E-state index contributed by atoms with van der Waals surface area (Å²) in [5.41, 5.74) is 0.300. The first-order valence-corrected chi connectivity index (χ1v) is 7.93. The van der Waals surface area contributed by atoms with Crippen LogP contribution in [0.25, 0.3) is 0 Å². The van der Waals surface area contributed by atoms with Gasteiger partial charge in [-0.15, -0.1) is 6.42 Å². The SMILES string of the molecule is C#CCOc1c(Cl)cc(Cl)cc1C(=O)NCCN1CCCC1. The molecule has 4 nitrogen and oxygen atoms in total. The zero-order chi connectivity index (χ0) is 15.9. The van der Waals surface area contributed by atoms with Gasteiger partial charge in [-0.25, -0.2) is 0 Å². The van der Waals surface area contributed by atoms with Crippen LogP contribution >= 0.6 is 23.2 Å². The van der Waals surface area contributed by atoms with Crippen LogP contribution in [0.4, 0.5) is 0 Å². The summed E-state index contributed by atoms with van der Waals surface area (Å²) in [6.45, 7) is 3.62. The van der Waals surface area contributed by atoms with Crippen molar-refractivity contribution in [2.75, 3.05) is 32.8 Å². The van der Waals surface area contributed by atoms with Gasteiger partial charge in [0.2, 0.25) is 0 Å². The highest BCUT2D eigenvalue weighted by Gasteiger charge is 2.18. The normalized spacial score (nSPS) is 14.6. The van der Waals surface area contributed by atoms with Crippen molar-refractivity contribution in [3.05, 3.63) is 27.7 Å². The largest absolute Gasteiger partial charge is 0.479 e. The van der Waals surface area contributed by atoms with E-state index in [1.54, 1.807) is 0 Å². The number of ether oxygens (including phenoxy) is 1. The molecule has 0 atom stereocenters. The number of hydrogen-bond acceptors (Lipinski definition) is 3. The number of hydrogen-bond donors (Lipinski definition) is 1. The Morgan fingerprint density at radius 2 is 2.09 bits per heavy atom. The quantitative estimate of drug-likeness (QED) is 0.809. The summed E-state index contributed by atoms with van der Waals surface area (Å²) in [7, 11) is 0. The van der Waals surface area contributed by atoms with Gasteiger partial charge in [-0.3, -0.25) is 4.79 Å². The lowest BCUT2D eigenvalue weighted by Gasteiger charge is -2.16. The smallest absolute Gasteiger partial charge is 0.255 e. The molecule has 2 rings (SSSR count). The monoisotopic (exact) mass is 340 g/mol. The summed E-state index contributed by atoms with van der Waals surface area (Å²) in [6, 6.07) is 3.06. The van der Waals surface area contributed by atoms with Gasteiger partial charge >= 0.3 is 0 Å². The molecule has 6 heteroatoms. The highest BCUT2D eigenvalue weighted by Crippen LogP contribution is 2.32. The molecule has 1 heterocycles. The van der Waals surface area contributed by atoms with Gasteiger partial charge in [0.15, 0.2) is 5.75 Å². The van der Waals surface area contributed by atoms with Crippen molar-refractivity contribution in [3.8, 4) is 18.1 Å². The third kappa shape index (κ3) is 4.54. The molecule has 1 fully saturated rings. The van der Waals surface area contributed by atoms with Crippen LogP contribution in [-0.4, -0.2) is 43.6 Å². The first-order chi connectivity index (χ1) is 10.6. The summed E-state index contributed by atoms with van der Waals surface area (Å²) >= 11 is 12.1. The first kappa shape index (κ1) is 17.0. The van der Waals surface area contributed by atoms with E-state index in [-0.39, 0.29) is 23.3 Å². The van der Waals surface area contributed by atoms with E-state index in [1.807, 2.05) is 0 Å². The Morgan fingerprint density at radius 3 is 2.77 bits per heavy atom. The molecule has 1 amide bonds. The van der Waals surface area contributed by atoms with Gasteiger partial charge in [0, 0.05) is 18.1 Å². The third-order valence-electron chi connectivity index (χ3n) is 3.47. The number of halogens is 2. The van der Waals surface area contributed by atoms with Crippen LogP contribution in [0.1, 0.15) is 23.2 Å².